The minimum atomic E-state index is -0.647. The van der Waals surface area contributed by atoms with Gasteiger partial charge in [0.15, 0.2) is 0 Å². The second-order valence-corrected chi connectivity index (χ2v) is 3.99. The first kappa shape index (κ1) is 14.8. The molecule has 0 aliphatic rings. The molecule has 0 radical (unpaired) electrons. The van der Waals surface area contributed by atoms with Crippen LogP contribution in [0.4, 0.5) is 0 Å². The molecule has 0 fully saturated rings. The number of hydrogen-bond donors (Lipinski definition) is 4. The predicted octanol–water partition coefficient (Wildman–Crippen LogP) is 0.423. The molecule has 2 atom stereocenters. The minimum absolute atomic E-state index is 0.202. The number of unbranched alkanes of at least 4 members (excludes halogenated alkanes) is 2. The van der Waals surface area contributed by atoms with E-state index in [1.807, 2.05) is 0 Å². The molecular formula is C11H24O4. The van der Waals surface area contributed by atoms with E-state index in [0.717, 1.165) is 32.1 Å². The van der Waals surface area contributed by atoms with Gasteiger partial charge in [0.1, 0.15) is 0 Å². The van der Waals surface area contributed by atoms with E-state index in [-0.39, 0.29) is 19.3 Å². The number of rotatable bonds is 10. The Labute approximate surface area is 91.6 Å². The van der Waals surface area contributed by atoms with Gasteiger partial charge in [0.2, 0.25) is 0 Å². The van der Waals surface area contributed by atoms with Crippen molar-refractivity contribution < 1.29 is 20.4 Å². The molecule has 0 saturated carbocycles. The van der Waals surface area contributed by atoms with Crippen molar-refractivity contribution in [2.24, 2.45) is 0 Å². The lowest BCUT2D eigenvalue weighted by molar-refractivity contribution is 0.0789. The summed E-state index contributed by atoms with van der Waals surface area (Å²) in [5, 5.41) is 35.7. The maximum atomic E-state index is 9.53. The molecule has 15 heavy (non-hydrogen) atoms. The van der Waals surface area contributed by atoms with Crippen LogP contribution in [0.1, 0.15) is 44.9 Å². The van der Waals surface area contributed by atoms with Gasteiger partial charge in [-0.15, -0.1) is 0 Å². The Bertz CT molecular complexity index is 130. The summed E-state index contributed by atoms with van der Waals surface area (Å²) in [6, 6.07) is 0. The molecule has 0 aromatic carbocycles. The van der Waals surface area contributed by atoms with E-state index in [1.165, 1.54) is 0 Å². The van der Waals surface area contributed by atoms with E-state index in [0.29, 0.717) is 12.8 Å². The Morgan fingerprint density at radius 1 is 0.667 bits per heavy atom. The lowest BCUT2D eigenvalue weighted by Gasteiger charge is -2.11. The zero-order valence-electron chi connectivity index (χ0n) is 9.31. The van der Waals surface area contributed by atoms with Crippen molar-refractivity contribution >= 4 is 0 Å². The molecule has 0 amide bonds. The van der Waals surface area contributed by atoms with Gasteiger partial charge in [-0.1, -0.05) is 12.8 Å². The van der Waals surface area contributed by atoms with Crippen LogP contribution in [0, 0.1) is 0 Å². The maximum Gasteiger partial charge on any atom is 0.0771 e. The summed E-state index contributed by atoms with van der Waals surface area (Å²) in [6.07, 6.45) is 4.45. The molecule has 0 aliphatic carbocycles. The molecule has 0 aromatic rings. The standard InChI is InChI=1S/C11H24O4/c12-8-3-1-2-5-10(14)6-4-7-11(15)9-13/h10-15H,1-9H2. The molecule has 0 heterocycles. The monoisotopic (exact) mass is 220 g/mol. The number of aliphatic hydroxyl groups is 4. The third-order valence-electron chi connectivity index (χ3n) is 2.48. The summed E-state index contributed by atoms with van der Waals surface area (Å²) in [7, 11) is 0. The highest BCUT2D eigenvalue weighted by Gasteiger charge is 2.06. The first-order valence-electron chi connectivity index (χ1n) is 5.78. The SMILES string of the molecule is OCCCCCC(O)CCCC(O)CO. The number of hydrogen-bond acceptors (Lipinski definition) is 4. The molecule has 0 rings (SSSR count). The molecule has 92 valence electrons. The van der Waals surface area contributed by atoms with Crippen LogP contribution in [-0.4, -0.2) is 45.8 Å². The van der Waals surface area contributed by atoms with E-state index >= 15 is 0 Å². The first-order chi connectivity index (χ1) is 7.20. The van der Waals surface area contributed by atoms with Crippen LogP contribution < -0.4 is 0 Å². The molecule has 0 aliphatic heterocycles. The zero-order valence-corrected chi connectivity index (χ0v) is 9.31. The Morgan fingerprint density at radius 3 is 1.87 bits per heavy atom. The molecule has 4 N–H and O–H groups in total. The topological polar surface area (TPSA) is 80.9 Å². The maximum absolute atomic E-state index is 9.53. The van der Waals surface area contributed by atoms with Crippen LogP contribution in [0.2, 0.25) is 0 Å². The molecule has 0 spiro atoms. The summed E-state index contributed by atoms with van der Waals surface area (Å²) in [6.45, 7) is 0.0192. The largest absolute Gasteiger partial charge is 0.396 e. The van der Waals surface area contributed by atoms with E-state index in [9.17, 15) is 5.11 Å². The van der Waals surface area contributed by atoms with Crippen LogP contribution in [0.15, 0.2) is 0 Å². The fourth-order valence-corrected chi connectivity index (χ4v) is 1.49. The Hall–Kier alpha value is -0.160. The summed E-state index contributed by atoms with van der Waals surface area (Å²) < 4.78 is 0. The Balaban J connectivity index is 3.21. The molecule has 0 aromatic heterocycles. The third kappa shape index (κ3) is 10.1. The molecule has 2 unspecified atom stereocenters. The van der Waals surface area contributed by atoms with Crippen molar-refractivity contribution in [1.29, 1.82) is 0 Å². The van der Waals surface area contributed by atoms with Crippen molar-refractivity contribution in [2.75, 3.05) is 13.2 Å². The van der Waals surface area contributed by atoms with Crippen molar-refractivity contribution in [3.8, 4) is 0 Å². The fraction of sp³-hybridized carbons (Fsp3) is 1.00. The highest BCUT2D eigenvalue weighted by atomic mass is 16.3. The molecule has 4 nitrogen and oxygen atoms in total. The van der Waals surface area contributed by atoms with Crippen molar-refractivity contribution in [3.05, 3.63) is 0 Å². The Kier molecular flexibility index (Phi) is 10.3. The van der Waals surface area contributed by atoms with E-state index in [1.54, 1.807) is 0 Å². The van der Waals surface area contributed by atoms with E-state index in [2.05, 4.69) is 0 Å². The smallest absolute Gasteiger partial charge is 0.0771 e. The highest BCUT2D eigenvalue weighted by Crippen LogP contribution is 2.10. The molecular weight excluding hydrogens is 196 g/mol. The van der Waals surface area contributed by atoms with Crippen LogP contribution in [0.5, 0.6) is 0 Å². The van der Waals surface area contributed by atoms with Gasteiger partial charge >= 0.3 is 0 Å². The van der Waals surface area contributed by atoms with Crippen molar-refractivity contribution in [3.63, 3.8) is 0 Å². The summed E-state index contributed by atoms with van der Waals surface area (Å²) >= 11 is 0. The van der Waals surface area contributed by atoms with Gasteiger partial charge in [0.25, 0.3) is 0 Å². The fourth-order valence-electron chi connectivity index (χ4n) is 1.49. The van der Waals surface area contributed by atoms with Crippen LogP contribution in [-0.2, 0) is 0 Å². The van der Waals surface area contributed by atoms with Crippen molar-refractivity contribution in [2.45, 2.75) is 57.2 Å². The van der Waals surface area contributed by atoms with Gasteiger partial charge in [-0.25, -0.2) is 0 Å². The number of aliphatic hydroxyl groups excluding tert-OH is 4. The van der Waals surface area contributed by atoms with Gasteiger partial charge < -0.3 is 20.4 Å². The Morgan fingerprint density at radius 2 is 1.27 bits per heavy atom. The molecule has 4 heteroatoms. The van der Waals surface area contributed by atoms with Gasteiger partial charge in [-0.2, -0.15) is 0 Å². The lowest BCUT2D eigenvalue weighted by Crippen LogP contribution is -2.13. The van der Waals surface area contributed by atoms with Crippen LogP contribution >= 0.6 is 0 Å². The second kappa shape index (κ2) is 10.4. The summed E-state index contributed by atoms with van der Waals surface area (Å²) in [5.74, 6) is 0. The van der Waals surface area contributed by atoms with E-state index < -0.39 is 6.10 Å². The summed E-state index contributed by atoms with van der Waals surface area (Å²) in [5.41, 5.74) is 0. The summed E-state index contributed by atoms with van der Waals surface area (Å²) in [4.78, 5) is 0. The highest BCUT2D eigenvalue weighted by molar-refractivity contribution is 4.59. The third-order valence-corrected chi connectivity index (χ3v) is 2.48. The minimum Gasteiger partial charge on any atom is -0.396 e. The van der Waals surface area contributed by atoms with Gasteiger partial charge in [0.05, 0.1) is 18.8 Å². The normalized spacial score (nSPS) is 15.2. The van der Waals surface area contributed by atoms with Gasteiger partial charge in [0, 0.05) is 6.61 Å². The van der Waals surface area contributed by atoms with Crippen LogP contribution in [0.25, 0.3) is 0 Å². The van der Waals surface area contributed by atoms with Crippen molar-refractivity contribution in [1.82, 2.24) is 0 Å². The lowest BCUT2D eigenvalue weighted by atomic mass is 10.0. The predicted molar refractivity (Wildman–Crippen MR) is 58.5 cm³/mol. The van der Waals surface area contributed by atoms with Gasteiger partial charge in [-0.3, -0.25) is 0 Å². The second-order valence-electron chi connectivity index (χ2n) is 3.99. The van der Waals surface area contributed by atoms with Gasteiger partial charge in [-0.05, 0) is 32.1 Å². The quantitative estimate of drug-likeness (QED) is 0.402. The molecule has 0 bridgehead atoms. The average Bonchev–Trinajstić information content (AvgIpc) is 2.24. The van der Waals surface area contributed by atoms with E-state index in [4.69, 9.17) is 15.3 Å². The average molecular weight is 220 g/mol. The molecule has 0 saturated heterocycles. The zero-order chi connectivity index (χ0) is 11.5. The first-order valence-corrected chi connectivity index (χ1v) is 5.78. The van der Waals surface area contributed by atoms with Crippen LogP contribution in [0.3, 0.4) is 0 Å².